The van der Waals surface area contributed by atoms with Gasteiger partial charge in [0.2, 0.25) is 0 Å². The van der Waals surface area contributed by atoms with Crippen molar-refractivity contribution in [2.24, 2.45) is 0 Å². The minimum Gasteiger partial charge on any atom is -0.464 e. The number of anilines is 2. The van der Waals surface area contributed by atoms with Crippen molar-refractivity contribution in [1.29, 1.82) is 0 Å². The molecule has 2 rings (SSSR count). The predicted octanol–water partition coefficient (Wildman–Crippen LogP) is 7.75. The van der Waals surface area contributed by atoms with Crippen LogP contribution in [0.4, 0.5) is 16.2 Å². The first-order valence-electron chi connectivity index (χ1n) is 10.9. The minimum atomic E-state index is -0.927. The zero-order valence-corrected chi connectivity index (χ0v) is 17.5. The molecule has 0 bridgehead atoms. The number of carbonyl (C=O) groups is 1. The lowest BCUT2D eigenvalue weighted by Gasteiger charge is -2.24. The summed E-state index contributed by atoms with van der Waals surface area (Å²) >= 11 is 0. The molecule has 28 heavy (non-hydrogen) atoms. The van der Waals surface area contributed by atoms with E-state index in [1.165, 1.54) is 54.6 Å². The Morgan fingerprint density at radius 1 is 0.786 bits per heavy atom. The fraction of sp³-hybridized carbons (Fsp3) is 0.480. The van der Waals surface area contributed by atoms with Gasteiger partial charge in [0.15, 0.2) is 0 Å². The summed E-state index contributed by atoms with van der Waals surface area (Å²) in [7, 11) is 0. The Morgan fingerprint density at radius 2 is 1.43 bits per heavy atom. The van der Waals surface area contributed by atoms with Crippen LogP contribution in [0.3, 0.4) is 0 Å². The van der Waals surface area contributed by atoms with Crippen molar-refractivity contribution >= 4 is 17.5 Å². The highest BCUT2D eigenvalue weighted by atomic mass is 16.4. The summed E-state index contributed by atoms with van der Waals surface area (Å²) in [5, 5.41) is 9.98. The maximum absolute atomic E-state index is 12.2. The summed E-state index contributed by atoms with van der Waals surface area (Å²) in [6, 6.07) is 15.6. The van der Waals surface area contributed by atoms with E-state index in [4.69, 9.17) is 0 Å². The summed E-state index contributed by atoms with van der Waals surface area (Å²) in [4.78, 5) is 13.6. The van der Waals surface area contributed by atoms with Crippen LogP contribution in [0.25, 0.3) is 0 Å². The van der Waals surface area contributed by atoms with Crippen molar-refractivity contribution in [1.82, 2.24) is 0 Å². The van der Waals surface area contributed by atoms with Gasteiger partial charge in [-0.05, 0) is 55.0 Å². The predicted molar refractivity (Wildman–Crippen MR) is 119 cm³/mol. The van der Waals surface area contributed by atoms with E-state index in [9.17, 15) is 9.90 Å². The van der Waals surface area contributed by atoms with E-state index in [0.29, 0.717) is 5.69 Å². The number of nitrogens with zero attached hydrogens (tertiary/aromatic N) is 1. The second-order valence-electron chi connectivity index (χ2n) is 7.49. The largest absolute Gasteiger partial charge is 0.464 e. The van der Waals surface area contributed by atoms with Gasteiger partial charge in [0, 0.05) is 0 Å². The van der Waals surface area contributed by atoms with Gasteiger partial charge in [0.25, 0.3) is 0 Å². The van der Waals surface area contributed by atoms with Crippen LogP contribution in [0.15, 0.2) is 48.5 Å². The molecule has 0 saturated heterocycles. The molecule has 0 unspecified atom stereocenters. The van der Waals surface area contributed by atoms with Gasteiger partial charge in [-0.15, -0.1) is 0 Å². The molecule has 0 heterocycles. The van der Waals surface area contributed by atoms with E-state index in [1.54, 1.807) is 0 Å². The van der Waals surface area contributed by atoms with Crippen molar-refractivity contribution in [2.45, 2.75) is 78.1 Å². The Balaban J connectivity index is 2.35. The molecule has 152 valence electrons. The van der Waals surface area contributed by atoms with E-state index in [2.05, 4.69) is 19.9 Å². The van der Waals surface area contributed by atoms with Gasteiger partial charge in [-0.25, -0.2) is 9.69 Å². The highest BCUT2D eigenvalue weighted by Crippen LogP contribution is 2.33. The molecule has 2 aromatic carbocycles. The topological polar surface area (TPSA) is 40.5 Å². The number of hydrogen-bond acceptors (Lipinski definition) is 1. The van der Waals surface area contributed by atoms with Crippen molar-refractivity contribution in [2.75, 3.05) is 4.90 Å². The Hall–Kier alpha value is -2.29. The lowest BCUT2D eigenvalue weighted by molar-refractivity contribution is 0.204. The zero-order chi connectivity index (χ0) is 20.2. The van der Waals surface area contributed by atoms with E-state index in [1.807, 2.05) is 42.5 Å². The number of rotatable bonds is 12. The van der Waals surface area contributed by atoms with Crippen LogP contribution < -0.4 is 4.90 Å². The number of hydrogen-bond donors (Lipinski definition) is 1. The maximum atomic E-state index is 12.2. The molecule has 0 aliphatic heterocycles. The van der Waals surface area contributed by atoms with Crippen molar-refractivity contribution in [3.05, 3.63) is 59.7 Å². The number of amides is 1. The molecule has 0 aromatic heterocycles. The summed E-state index contributed by atoms with van der Waals surface area (Å²) in [5.41, 5.74) is 4.05. The normalized spacial score (nSPS) is 10.8. The van der Waals surface area contributed by atoms with Gasteiger partial charge in [0.05, 0.1) is 11.4 Å². The minimum absolute atomic E-state index is 0.702. The number of unbranched alkanes of at least 4 members (excludes halogenated alkanes) is 6. The highest BCUT2D eigenvalue weighted by Gasteiger charge is 2.21. The molecule has 0 fully saturated rings. The lowest BCUT2D eigenvalue weighted by Crippen LogP contribution is -2.25. The van der Waals surface area contributed by atoms with Crippen molar-refractivity contribution in [3.63, 3.8) is 0 Å². The van der Waals surface area contributed by atoms with E-state index in [-0.39, 0.29) is 0 Å². The molecule has 0 aliphatic rings. The molecule has 0 radical (unpaired) electrons. The first-order chi connectivity index (χ1) is 13.7. The van der Waals surface area contributed by atoms with Crippen molar-refractivity contribution < 1.29 is 9.90 Å². The van der Waals surface area contributed by atoms with Crippen LogP contribution in [0.2, 0.25) is 0 Å². The van der Waals surface area contributed by atoms with Gasteiger partial charge < -0.3 is 5.11 Å². The third-order valence-electron chi connectivity index (χ3n) is 5.27. The molecule has 3 nitrogen and oxygen atoms in total. The van der Waals surface area contributed by atoms with E-state index < -0.39 is 6.09 Å². The monoisotopic (exact) mass is 381 g/mol. The number of benzene rings is 2. The molecule has 0 atom stereocenters. The van der Waals surface area contributed by atoms with Crippen LogP contribution in [-0.4, -0.2) is 11.2 Å². The smallest absolute Gasteiger partial charge is 0.416 e. The Kier molecular flexibility index (Phi) is 9.61. The Morgan fingerprint density at radius 3 is 2.04 bits per heavy atom. The van der Waals surface area contributed by atoms with Crippen LogP contribution in [0, 0.1) is 0 Å². The quantitative estimate of drug-likeness (QED) is 0.382. The molecular weight excluding hydrogens is 346 g/mol. The third kappa shape index (κ3) is 6.40. The first-order valence-corrected chi connectivity index (χ1v) is 10.9. The van der Waals surface area contributed by atoms with E-state index in [0.717, 1.165) is 31.4 Å². The lowest BCUT2D eigenvalue weighted by atomic mass is 9.94. The molecule has 1 amide bonds. The molecule has 0 aliphatic carbocycles. The Bertz CT molecular complexity index is 712. The molecule has 2 aromatic rings. The van der Waals surface area contributed by atoms with Crippen LogP contribution in [0.5, 0.6) is 0 Å². The fourth-order valence-corrected chi connectivity index (χ4v) is 3.75. The SMILES string of the molecule is CCCCCCc1cccc(N(C(=O)O)c2ccccc2)c1CCCCCC. The van der Waals surface area contributed by atoms with Gasteiger partial charge >= 0.3 is 6.09 Å². The molecule has 1 N–H and O–H groups in total. The van der Waals surface area contributed by atoms with Crippen LogP contribution in [-0.2, 0) is 12.8 Å². The first kappa shape index (κ1) is 22.0. The maximum Gasteiger partial charge on any atom is 0.416 e. The summed E-state index contributed by atoms with van der Waals surface area (Å²) in [6.45, 7) is 4.44. The fourth-order valence-electron chi connectivity index (χ4n) is 3.75. The molecule has 3 heteroatoms. The van der Waals surface area contributed by atoms with Crippen LogP contribution >= 0.6 is 0 Å². The standard InChI is InChI=1S/C25H35NO2/c1-3-5-7-10-15-21-16-14-20-24(23(21)19-13-8-6-4-2)26(25(27)28)22-17-11-9-12-18-22/h9,11-12,14,16-18,20H,3-8,10,13,15,19H2,1-2H3,(H,27,28). The Labute approximate surface area is 170 Å². The average molecular weight is 382 g/mol. The van der Waals surface area contributed by atoms with Gasteiger partial charge in [-0.2, -0.15) is 0 Å². The number of aryl methyl sites for hydroxylation is 1. The van der Waals surface area contributed by atoms with E-state index >= 15 is 0 Å². The molecular formula is C25H35NO2. The average Bonchev–Trinajstić information content (AvgIpc) is 2.70. The molecule has 0 spiro atoms. The summed E-state index contributed by atoms with van der Waals surface area (Å²) in [6.07, 6.45) is 10.7. The second kappa shape index (κ2) is 12.2. The van der Waals surface area contributed by atoms with Gasteiger partial charge in [-0.1, -0.05) is 82.7 Å². The summed E-state index contributed by atoms with van der Waals surface area (Å²) < 4.78 is 0. The molecule has 0 saturated carbocycles. The second-order valence-corrected chi connectivity index (χ2v) is 7.49. The summed E-state index contributed by atoms with van der Waals surface area (Å²) in [5.74, 6) is 0. The highest BCUT2D eigenvalue weighted by molar-refractivity contribution is 5.95. The van der Waals surface area contributed by atoms with Crippen molar-refractivity contribution in [3.8, 4) is 0 Å². The van der Waals surface area contributed by atoms with Crippen LogP contribution in [0.1, 0.15) is 76.3 Å². The number of carboxylic acid groups (broad SMARTS) is 1. The van der Waals surface area contributed by atoms with Gasteiger partial charge in [0.1, 0.15) is 0 Å². The number of para-hydroxylation sites is 1. The third-order valence-corrected chi connectivity index (χ3v) is 5.27. The zero-order valence-electron chi connectivity index (χ0n) is 17.5. The van der Waals surface area contributed by atoms with Gasteiger partial charge in [-0.3, -0.25) is 0 Å².